The van der Waals surface area contributed by atoms with Gasteiger partial charge >= 0.3 is 6.18 Å². The van der Waals surface area contributed by atoms with E-state index in [0.29, 0.717) is 0 Å². The van der Waals surface area contributed by atoms with E-state index in [9.17, 15) is 18.3 Å². The molecule has 0 aliphatic rings. The highest BCUT2D eigenvalue weighted by Crippen LogP contribution is 2.41. The zero-order valence-corrected chi connectivity index (χ0v) is 9.97. The molecule has 1 rings (SSSR count). The predicted molar refractivity (Wildman–Crippen MR) is 59.6 cm³/mol. The Balaban J connectivity index is 0.00000289. The number of hydrogen-bond acceptors (Lipinski definition) is 4. The molecule has 0 radical (unpaired) electrons. The first-order valence-electron chi connectivity index (χ1n) is 4.45. The number of ether oxygens (including phenoxy) is 1. The minimum Gasteiger partial charge on any atom is -0.504 e. The molecule has 0 aliphatic carbocycles. The molecule has 0 bridgehead atoms. The highest BCUT2D eigenvalue weighted by molar-refractivity contribution is 5.85. The fourth-order valence-electron chi connectivity index (χ4n) is 1.33. The topological polar surface area (TPSA) is 79.3 Å². The van der Waals surface area contributed by atoms with Gasteiger partial charge in [-0.3, -0.25) is 0 Å². The van der Waals surface area contributed by atoms with Gasteiger partial charge in [-0.25, -0.2) is 0 Å². The average Bonchev–Trinajstić information content (AvgIpc) is 2.26. The van der Waals surface area contributed by atoms with Gasteiger partial charge in [-0.1, -0.05) is 0 Å². The summed E-state index contributed by atoms with van der Waals surface area (Å²) in [7, 11) is 1.18. The fraction of sp³-hybridized carbons (Fsp3) is 0.300. The molecule has 0 amide bonds. The molecule has 1 aromatic rings. The smallest absolute Gasteiger partial charge is 0.407 e. The molecular formula is C10H10ClF3N2O2. The van der Waals surface area contributed by atoms with Gasteiger partial charge in [0.15, 0.2) is 11.5 Å². The van der Waals surface area contributed by atoms with Crippen LogP contribution >= 0.6 is 12.4 Å². The molecule has 0 unspecified atom stereocenters. The molecule has 1 atom stereocenters. The maximum absolute atomic E-state index is 12.5. The summed E-state index contributed by atoms with van der Waals surface area (Å²) in [5.41, 5.74) is 3.96. The summed E-state index contributed by atoms with van der Waals surface area (Å²) in [6.07, 6.45) is -4.75. The number of methoxy groups -OCH3 is 1. The van der Waals surface area contributed by atoms with E-state index in [-0.39, 0.29) is 23.7 Å². The third-order valence-electron chi connectivity index (χ3n) is 2.18. The molecule has 0 aliphatic heterocycles. The van der Waals surface area contributed by atoms with Gasteiger partial charge in [-0.15, -0.1) is 12.4 Å². The molecule has 3 N–H and O–H groups in total. The number of phenolic OH excluding ortho intramolecular Hbond substituents is 1. The van der Waals surface area contributed by atoms with Crippen molar-refractivity contribution >= 4 is 12.4 Å². The van der Waals surface area contributed by atoms with Gasteiger partial charge in [0.25, 0.3) is 0 Å². The molecule has 18 heavy (non-hydrogen) atoms. The van der Waals surface area contributed by atoms with Crippen LogP contribution in [0.4, 0.5) is 13.2 Å². The number of nitrogens with zero attached hydrogens (tertiary/aromatic N) is 1. The minimum atomic E-state index is -4.75. The molecule has 8 heteroatoms. The monoisotopic (exact) mass is 282 g/mol. The second-order valence-corrected chi connectivity index (χ2v) is 3.21. The van der Waals surface area contributed by atoms with E-state index in [1.165, 1.54) is 13.2 Å². The van der Waals surface area contributed by atoms with Gasteiger partial charge in [0.05, 0.1) is 18.7 Å². The van der Waals surface area contributed by atoms with Gasteiger partial charge in [-0.05, 0) is 12.1 Å². The number of rotatable bonds is 2. The van der Waals surface area contributed by atoms with Crippen molar-refractivity contribution in [1.82, 2.24) is 0 Å². The average molecular weight is 283 g/mol. The van der Waals surface area contributed by atoms with Crippen molar-refractivity contribution in [3.63, 3.8) is 0 Å². The van der Waals surface area contributed by atoms with Crippen LogP contribution in [-0.2, 0) is 0 Å². The zero-order chi connectivity index (χ0) is 13.2. The van der Waals surface area contributed by atoms with Crippen LogP contribution in [0.15, 0.2) is 12.1 Å². The summed E-state index contributed by atoms with van der Waals surface area (Å²) in [6, 6.07) is 1.41. The molecule has 0 saturated heterocycles. The predicted octanol–water partition coefficient (Wildman–Crippen LogP) is 2.26. The third kappa shape index (κ3) is 2.97. The number of nitriles is 1. The summed E-state index contributed by atoms with van der Waals surface area (Å²) >= 11 is 0. The molecule has 0 aromatic heterocycles. The first-order valence-corrected chi connectivity index (χ1v) is 4.45. The van der Waals surface area contributed by atoms with Crippen LogP contribution in [0, 0.1) is 11.3 Å². The van der Waals surface area contributed by atoms with Crippen LogP contribution < -0.4 is 10.5 Å². The van der Waals surface area contributed by atoms with Crippen molar-refractivity contribution in [1.29, 1.82) is 5.26 Å². The molecule has 4 nitrogen and oxygen atoms in total. The third-order valence-corrected chi connectivity index (χ3v) is 2.18. The van der Waals surface area contributed by atoms with Crippen molar-refractivity contribution < 1.29 is 23.0 Å². The SMILES string of the molecule is COc1ccc(C#N)c([C@H](N)C(F)(F)F)c1O.Cl. The lowest BCUT2D eigenvalue weighted by Crippen LogP contribution is -2.29. The highest BCUT2D eigenvalue weighted by atomic mass is 35.5. The molecule has 0 fully saturated rings. The number of halogens is 4. The van der Waals surface area contributed by atoms with Crippen molar-refractivity contribution in [2.45, 2.75) is 12.2 Å². The van der Waals surface area contributed by atoms with Crippen molar-refractivity contribution in [2.24, 2.45) is 5.73 Å². The van der Waals surface area contributed by atoms with Crippen LogP contribution in [0.2, 0.25) is 0 Å². The van der Waals surface area contributed by atoms with E-state index in [1.54, 1.807) is 6.07 Å². The zero-order valence-electron chi connectivity index (χ0n) is 9.15. The Morgan fingerprint density at radius 1 is 1.44 bits per heavy atom. The Morgan fingerprint density at radius 3 is 2.39 bits per heavy atom. The number of alkyl halides is 3. The summed E-state index contributed by atoms with van der Waals surface area (Å²) in [5.74, 6) is -0.935. The summed E-state index contributed by atoms with van der Waals surface area (Å²) in [4.78, 5) is 0. The van der Waals surface area contributed by atoms with E-state index in [4.69, 9.17) is 11.0 Å². The van der Waals surface area contributed by atoms with Crippen LogP contribution in [0.25, 0.3) is 0 Å². The lowest BCUT2D eigenvalue weighted by atomic mass is 9.99. The molecule has 0 spiro atoms. The molecule has 0 saturated carbocycles. The highest BCUT2D eigenvalue weighted by Gasteiger charge is 2.41. The van der Waals surface area contributed by atoms with Gasteiger partial charge in [0, 0.05) is 5.56 Å². The number of benzene rings is 1. The van der Waals surface area contributed by atoms with E-state index in [1.807, 2.05) is 0 Å². The number of hydrogen-bond donors (Lipinski definition) is 2. The molecule has 1 aromatic carbocycles. The second-order valence-electron chi connectivity index (χ2n) is 3.21. The van der Waals surface area contributed by atoms with Crippen LogP contribution in [0.5, 0.6) is 11.5 Å². The maximum atomic E-state index is 12.5. The van der Waals surface area contributed by atoms with Gasteiger partial charge in [-0.2, -0.15) is 18.4 Å². The summed E-state index contributed by atoms with van der Waals surface area (Å²) in [6.45, 7) is 0. The van der Waals surface area contributed by atoms with E-state index < -0.39 is 23.5 Å². The van der Waals surface area contributed by atoms with Crippen LogP contribution in [0.3, 0.4) is 0 Å². The fourth-order valence-corrected chi connectivity index (χ4v) is 1.33. The van der Waals surface area contributed by atoms with Crippen molar-refractivity contribution in [2.75, 3.05) is 7.11 Å². The number of phenols is 1. The van der Waals surface area contributed by atoms with Gasteiger partial charge < -0.3 is 15.6 Å². The normalized spacial score (nSPS) is 12.2. The van der Waals surface area contributed by atoms with Crippen LogP contribution in [0.1, 0.15) is 17.2 Å². The standard InChI is InChI=1S/C10H9F3N2O2.ClH/c1-17-6-3-2-5(4-14)7(8(6)16)9(15)10(11,12)13;/h2-3,9,16H,15H2,1H3;1H/t9-;/m0./s1. The Hall–Kier alpha value is -1.65. The van der Waals surface area contributed by atoms with Gasteiger partial charge in [0.1, 0.15) is 6.04 Å². The number of aromatic hydroxyl groups is 1. The Labute approximate surface area is 107 Å². The molecule has 0 heterocycles. The molecule has 100 valence electrons. The molecular weight excluding hydrogens is 273 g/mol. The maximum Gasteiger partial charge on any atom is 0.407 e. The Bertz CT molecular complexity index is 471. The summed E-state index contributed by atoms with van der Waals surface area (Å²) < 4.78 is 42.1. The Morgan fingerprint density at radius 2 is 2.00 bits per heavy atom. The quantitative estimate of drug-likeness (QED) is 0.872. The van der Waals surface area contributed by atoms with Crippen molar-refractivity contribution in [3.8, 4) is 17.6 Å². The van der Waals surface area contributed by atoms with E-state index in [0.717, 1.165) is 6.07 Å². The van der Waals surface area contributed by atoms with E-state index in [2.05, 4.69) is 4.74 Å². The second kappa shape index (κ2) is 5.80. The summed E-state index contributed by atoms with van der Waals surface area (Å²) in [5, 5.41) is 18.3. The lowest BCUT2D eigenvalue weighted by molar-refractivity contribution is -0.149. The Kier molecular flexibility index (Phi) is 5.27. The van der Waals surface area contributed by atoms with Gasteiger partial charge in [0.2, 0.25) is 0 Å². The van der Waals surface area contributed by atoms with Crippen LogP contribution in [-0.4, -0.2) is 18.4 Å². The first-order chi connectivity index (χ1) is 7.82. The lowest BCUT2D eigenvalue weighted by Gasteiger charge is -2.19. The first kappa shape index (κ1) is 16.4. The van der Waals surface area contributed by atoms with Crippen molar-refractivity contribution in [3.05, 3.63) is 23.3 Å². The largest absolute Gasteiger partial charge is 0.504 e. The number of nitrogens with two attached hydrogens (primary N) is 1. The minimum absolute atomic E-state index is 0. The van der Waals surface area contributed by atoms with E-state index >= 15 is 0 Å².